The normalized spacial score (nSPS) is 29.1. The average molecular weight is 242 g/mol. The van der Waals surface area contributed by atoms with Crippen LogP contribution in [0.1, 0.15) is 46.5 Å². The summed E-state index contributed by atoms with van der Waals surface area (Å²) in [5, 5.41) is 8.54. The van der Waals surface area contributed by atoms with E-state index in [0.717, 1.165) is 19.3 Å². The highest BCUT2D eigenvalue weighted by Crippen LogP contribution is 2.35. The Balaban J connectivity index is 2.57. The van der Waals surface area contributed by atoms with Crippen LogP contribution in [0.3, 0.4) is 0 Å². The largest absolute Gasteiger partial charge is 0.481 e. The number of carboxylic acids is 1. The van der Waals surface area contributed by atoms with E-state index in [2.05, 4.69) is 20.8 Å². The van der Waals surface area contributed by atoms with E-state index in [9.17, 15) is 9.59 Å². The van der Waals surface area contributed by atoms with Crippen LogP contribution in [0.4, 0.5) is 0 Å². The van der Waals surface area contributed by atoms with Crippen LogP contribution in [0.5, 0.6) is 0 Å². The highest BCUT2D eigenvalue weighted by atomic mass is 16.5. The fourth-order valence-electron chi connectivity index (χ4n) is 2.58. The number of ether oxygens (including phenoxy) is 1. The van der Waals surface area contributed by atoms with E-state index >= 15 is 0 Å². The molecule has 1 aliphatic carbocycles. The molecule has 0 bridgehead atoms. The molecule has 98 valence electrons. The minimum absolute atomic E-state index is 0.106. The van der Waals surface area contributed by atoms with Gasteiger partial charge < -0.3 is 9.84 Å². The Bertz CT molecular complexity index is 285. The molecule has 1 aliphatic rings. The Hall–Kier alpha value is -1.06. The molecule has 1 saturated carbocycles. The lowest BCUT2D eigenvalue weighted by Crippen LogP contribution is -2.36. The fraction of sp³-hybridized carbons (Fsp3) is 0.846. The third kappa shape index (κ3) is 4.36. The van der Waals surface area contributed by atoms with Crippen LogP contribution in [-0.2, 0) is 14.3 Å². The van der Waals surface area contributed by atoms with Crippen LogP contribution in [0.15, 0.2) is 0 Å². The van der Waals surface area contributed by atoms with Crippen LogP contribution >= 0.6 is 0 Å². The summed E-state index contributed by atoms with van der Waals surface area (Å²) in [6.07, 6.45) is 2.44. The summed E-state index contributed by atoms with van der Waals surface area (Å²) in [5.74, 6) is -0.357. The number of aliphatic carboxylic acids is 1. The predicted octanol–water partition coefficient (Wildman–Crippen LogP) is 2.47. The topological polar surface area (TPSA) is 63.6 Å². The summed E-state index contributed by atoms with van der Waals surface area (Å²) in [6.45, 7) is 6.39. The van der Waals surface area contributed by atoms with Crippen LogP contribution < -0.4 is 0 Å². The molecule has 1 N–H and O–H groups in total. The van der Waals surface area contributed by atoms with Gasteiger partial charge in [0, 0.05) is 0 Å². The maximum atomic E-state index is 11.4. The summed E-state index contributed by atoms with van der Waals surface area (Å²) in [7, 11) is 0. The number of hydrogen-bond donors (Lipinski definition) is 1. The molecular formula is C13H22O4. The number of carbonyl (C=O) groups excluding carboxylic acids is 1. The molecule has 1 fully saturated rings. The van der Waals surface area contributed by atoms with Crippen LogP contribution in [-0.4, -0.2) is 23.1 Å². The van der Waals surface area contributed by atoms with Crippen molar-refractivity contribution in [1.29, 1.82) is 0 Å². The first kappa shape index (κ1) is 14.0. The number of carboxylic acid groups (broad SMARTS) is 1. The number of hydrogen-bond acceptors (Lipinski definition) is 3. The summed E-state index contributed by atoms with van der Waals surface area (Å²) in [5.41, 5.74) is 0. The van der Waals surface area contributed by atoms with Gasteiger partial charge in [-0.25, -0.2) is 0 Å². The first-order valence-electron chi connectivity index (χ1n) is 6.31. The molecule has 0 aromatic carbocycles. The molecule has 4 heteroatoms. The molecule has 0 aromatic heterocycles. The Morgan fingerprint density at radius 1 is 1.35 bits per heavy atom. The lowest BCUT2D eigenvalue weighted by atomic mass is 9.75. The molecule has 0 aliphatic heterocycles. The third-order valence-corrected chi connectivity index (χ3v) is 3.54. The third-order valence-electron chi connectivity index (χ3n) is 3.54. The molecule has 1 rings (SSSR count). The lowest BCUT2D eigenvalue weighted by Gasteiger charge is -2.36. The number of esters is 1. The van der Waals surface area contributed by atoms with Gasteiger partial charge in [0.15, 0.2) is 0 Å². The minimum Gasteiger partial charge on any atom is -0.481 e. The van der Waals surface area contributed by atoms with Crippen molar-refractivity contribution in [3.63, 3.8) is 0 Å². The van der Waals surface area contributed by atoms with Gasteiger partial charge in [-0.1, -0.05) is 27.2 Å². The van der Waals surface area contributed by atoms with E-state index in [1.807, 2.05) is 0 Å². The Morgan fingerprint density at radius 3 is 2.53 bits per heavy atom. The van der Waals surface area contributed by atoms with Crippen molar-refractivity contribution in [2.24, 2.45) is 17.8 Å². The monoisotopic (exact) mass is 242 g/mol. The number of rotatable bonds is 4. The molecular weight excluding hydrogens is 220 g/mol. The van der Waals surface area contributed by atoms with Crippen LogP contribution in [0.2, 0.25) is 0 Å². The fourth-order valence-corrected chi connectivity index (χ4v) is 2.58. The minimum atomic E-state index is -1.13. The van der Waals surface area contributed by atoms with Crippen molar-refractivity contribution in [3.8, 4) is 0 Å². The van der Waals surface area contributed by atoms with Gasteiger partial charge in [-0.3, -0.25) is 9.59 Å². The van der Waals surface area contributed by atoms with Crippen LogP contribution in [0.25, 0.3) is 0 Å². The van der Waals surface area contributed by atoms with E-state index in [1.165, 1.54) is 0 Å². The van der Waals surface area contributed by atoms with Gasteiger partial charge in [-0.05, 0) is 30.6 Å². The Kier molecular flexibility index (Phi) is 4.97. The van der Waals surface area contributed by atoms with Gasteiger partial charge in [0.2, 0.25) is 0 Å². The van der Waals surface area contributed by atoms with Gasteiger partial charge >= 0.3 is 11.9 Å². The zero-order valence-corrected chi connectivity index (χ0v) is 10.8. The zero-order chi connectivity index (χ0) is 13.0. The first-order valence-corrected chi connectivity index (χ1v) is 6.31. The second-order valence-corrected chi connectivity index (χ2v) is 5.42. The smallest absolute Gasteiger partial charge is 0.317 e. The van der Waals surface area contributed by atoms with Gasteiger partial charge in [0.1, 0.15) is 12.5 Å². The molecule has 0 amide bonds. The van der Waals surface area contributed by atoms with Crippen LogP contribution in [0, 0.1) is 17.8 Å². The molecule has 0 unspecified atom stereocenters. The standard InChI is InChI=1S/C13H22O4/c1-8(2)10-5-4-9(3)6-11(10)17-13(16)7-12(14)15/h8-11H,4-7H2,1-3H3,(H,14,15)/t9-,10+,11-/m1/s1. The zero-order valence-electron chi connectivity index (χ0n) is 10.8. The summed E-state index contributed by atoms with van der Waals surface area (Å²) in [4.78, 5) is 21.8. The van der Waals surface area contributed by atoms with E-state index < -0.39 is 18.4 Å². The molecule has 17 heavy (non-hydrogen) atoms. The summed E-state index contributed by atoms with van der Waals surface area (Å²) >= 11 is 0. The number of carbonyl (C=O) groups is 2. The van der Waals surface area contributed by atoms with E-state index in [0.29, 0.717) is 17.8 Å². The molecule has 4 nitrogen and oxygen atoms in total. The SMILES string of the molecule is CC(C)[C@@H]1CC[C@@H](C)C[C@H]1OC(=O)CC(=O)O. The maximum absolute atomic E-state index is 11.4. The quantitative estimate of drug-likeness (QED) is 0.607. The molecule has 0 aromatic rings. The van der Waals surface area contributed by atoms with E-state index in [1.54, 1.807) is 0 Å². The molecule has 0 saturated heterocycles. The van der Waals surface area contributed by atoms with Crippen molar-refractivity contribution in [2.75, 3.05) is 0 Å². The second-order valence-electron chi connectivity index (χ2n) is 5.42. The van der Waals surface area contributed by atoms with Crippen molar-refractivity contribution < 1.29 is 19.4 Å². The van der Waals surface area contributed by atoms with Crippen molar-refractivity contribution in [1.82, 2.24) is 0 Å². The molecule has 0 radical (unpaired) electrons. The van der Waals surface area contributed by atoms with Crippen molar-refractivity contribution in [2.45, 2.75) is 52.6 Å². The van der Waals surface area contributed by atoms with Gasteiger partial charge in [0.05, 0.1) is 0 Å². The lowest BCUT2D eigenvalue weighted by molar-refractivity contribution is -0.160. The van der Waals surface area contributed by atoms with E-state index in [-0.39, 0.29) is 6.10 Å². The summed E-state index contributed by atoms with van der Waals surface area (Å²) in [6, 6.07) is 0. The van der Waals surface area contributed by atoms with Gasteiger partial charge in [0.25, 0.3) is 0 Å². The Labute approximate surface area is 102 Å². The van der Waals surface area contributed by atoms with Gasteiger partial charge in [-0.15, -0.1) is 0 Å². The Morgan fingerprint density at radius 2 is 2.00 bits per heavy atom. The average Bonchev–Trinajstić information content (AvgIpc) is 2.15. The summed E-state index contributed by atoms with van der Waals surface area (Å²) < 4.78 is 5.33. The van der Waals surface area contributed by atoms with E-state index in [4.69, 9.17) is 9.84 Å². The highest BCUT2D eigenvalue weighted by molar-refractivity contribution is 5.90. The van der Waals surface area contributed by atoms with Crippen molar-refractivity contribution >= 4 is 11.9 Å². The second kappa shape index (κ2) is 6.03. The predicted molar refractivity (Wildman–Crippen MR) is 63.5 cm³/mol. The molecule has 3 atom stereocenters. The van der Waals surface area contributed by atoms with Gasteiger partial charge in [-0.2, -0.15) is 0 Å². The van der Waals surface area contributed by atoms with Crippen molar-refractivity contribution in [3.05, 3.63) is 0 Å². The highest BCUT2D eigenvalue weighted by Gasteiger charge is 2.33. The first-order chi connectivity index (χ1) is 7.90. The maximum Gasteiger partial charge on any atom is 0.317 e. The molecule has 0 heterocycles. The molecule has 0 spiro atoms.